The fourth-order valence-corrected chi connectivity index (χ4v) is 4.06. The van der Waals surface area contributed by atoms with Gasteiger partial charge in [-0.15, -0.1) is 0 Å². The quantitative estimate of drug-likeness (QED) is 0.546. The third kappa shape index (κ3) is 3.12. The van der Waals surface area contributed by atoms with E-state index in [1.165, 1.54) is 0 Å². The van der Waals surface area contributed by atoms with Crippen LogP contribution in [0.1, 0.15) is 18.1 Å². The van der Waals surface area contributed by atoms with Crippen LogP contribution in [-0.2, 0) is 16.8 Å². The van der Waals surface area contributed by atoms with Gasteiger partial charge in [0.2, 0.25) is 0 Å². The number of alkyl carbamates (subject to hydrolysis) is 1. The van der Waals surface area contributed by atoms with E-state index in [-0.39, 0.29) is 7.52 Å². The first-order valence-electron chi connectivity index (χ1n) is 9.54. The van der Waals surface area contributed by atoms with Gasteiger partial charge < -0.3 is 10.1 Å². The zero-order valence-electron chi connectivity index (χ0n) is 16.0. The van der Waals surface area contributed by atoms with E-state index in [0.717, 1.165) is 38.9 Å². The van der Waals surface area contributed by atoms with E-state index in [9.17, 15) is 4.79 Å². The minimum atomic E-state index is -0.748. The number of carbonyl (C=O) groups excluding carboxylic acids is 1. The molecule has 1 aliphatic rings. The van der Waals surface area contributed by atoms with Crippen molar-refractivity contribution < 1.29 is 11.0 Å². The summed E-state index contributed by atoms with van der Waals surface area (Å²) in [5.74, 6) is 0. The van der Waals surface area contributed by atoms with Gasteiger partial charge in [0.25, 0.3) is 0 Å². The van der Waals surface area contributed by atoms with Crippen LogP contribution in [0.15, 0.2) is 67.0 Å². The minimum absolute atomic E-state index is 0. The average Bonchev–Trinajstić information content (AvgIpc) is 3.35. The van der Waals surface area contributed by atoms with Crippen molar-refractivity contribution in [2.45, 2.75) is 18.9 Å². The van der Waals surface area contributed by atoms with Gasteiger partial charge in [0.1, 0.15) is 0 Å². The number of H-pyrrole nitrogens is 1. The molecule has 1 aliphatic heterocycles. The second-order valence-corrected chi connectivity index (χ2v) is 7.48. The van der Waals surface area contributed by atoms with Crippen molar-refractivity contribution in [1.29, 1.82) is 0 Å². The van der Waals surface area contributed by atoms with Gasteiger partial charge in [-0.05, 0) is 41.3 Å². The lowest BCUT2D eigenvalue weighted by Gasteiger charge is -2.28. The smallest absolute Gasteiger partial charge is 0.408 e. The summed E-state index contributed by atoms with van der Waals surface area (Å²) < 4.78 is 5.88. The van der Waals surface area contributed by atoms with Gasteiger partial charge in [0, 0.05) is 19.4 Å². The summed E-state index contributed by atoms with van der Waals surface area (Å²) in [6.07, 6.45) is 3.78. The summed E-state index contributed by atoms with van der Waals surface area (Å²) in [5, 5.41) is 10.8. The van der Waals surface area contributed by atoms with Crippen molar-refractivity contribution in [2.24, 2.45) is 0 Å². The SMILES string of the molecule is Cc1cc(-c2ccnc3[nH]ncc23)cc(C2(Cc3ccccc3)CNC(=O)O2)c1.[HH]. The number of rotatable bonds is 4. The van der Waals surface area contributed by atoms with Crippen LogP contribution in [0.2, 0.25) is 0 Å². The molecule has 0 saturated carbocycles. The lowest BCUT2D eigenvalue weighted by Crippen LogP contribution is -2.33. The Kier molecular flexibility index (Phi) is 4.05. The number of amides is 1. The number of hydrogen-bond acceptors (Lipinski definition) is 4. The topological polar surface area (TPSA) is 79.9 Å². The maximum absolute atomic E-state index is 12.0. The van der Waals surface area contributed by atoms with Crippen molar-refractivity contribution >= 4 is 17.1 Å². The third-order valence-corrected chi connectivity index (χ3v) is 5.41. The molecule has 2 N–H and O–H groups in total. The Morgan fingerprint density at radius 3 is 2.83 bits per heavy atom. The number of aromatic nitrogens is 3. The number of pyridine rings is 1. The van der Waals surface area contributed by atoms with Gasteiger partial charge in [0.05, 0.1) is 12.7 Å². The Labute approximate surface area is 169 Å². The summed E-state index contributed by atoms with van der Waals surface area (Å²) in [7, 11) is 0. The van der Waals surface area contributed by atoms with Crippen molar-refractivity contribution in [3.8, 4) is 11.1 Å². The van der Waals surface area contributed by atoms with E-state index < -0.39 is 5.60 Å². The molecule has 0 radical (unpaired) electrons. The summed E-state index contributed by atoms with van der Waals surface area (Å²) >= 11 is 0. The van der Waals surface area contributed by atoms with E-state index in [4.69, 9.17) is 4.74 Å². The van der Waals surface area contributed by atoms with Crippen molar-refractivity contribution in [2.75, 3.05) is 6.54 Å². The molecular weight excluding hydrogens is 364 g/mol. The zero-order valence-corrected chi connectivity index (χ0v) is 16.0. The highest BCUT2D eigenvalue weighted by Crippen LogP contribution is 2.37. The molecule has 0 spiro atoms. The van der Waals surface area contributed by atoms with Crippen LogP contribution in [0, 0.1) is 6.92 Å². The van der Waals surface area contributed by atoms with E-state index >= 15 is 0 Å². The number of aryl methyl sites for hydroxylation is 1. The van der Waals surface area contributed by atoms with Gasteiger partial charge in [-0.2, -0.15) is 5.10 Å². The highest BCUT2D eigenvalue weighted by Gasteiger charge is 2.42. The van der Waals surface area contributed by atoms with Gasteiger partial charge in [-0.25, -0.2) is 9.78 Å². The lowest BCUT2D eigenvalue weighted by atomic mass is 9.84. The zero-order chi connectivity index (χ0) is 19.8. The maximum atomic E-state index is 12.0. The third-order valence-electron chi connectivity index (χ3n) is 5.41. The minimum Gasteiger partial charge on any atom is -0.436 e. The number of nitrogens with zero attached hydrogens (tertiary/aromatic N) is 2. The Hall–Kier alpha value is -3.67. The predicted molar refractivity (Wildman–Crippen MR) is 112 cm³/mol. The number of nitrogens with one attached hydrogen (secondary N) is 2. The Morgan fingerprint density at radius 2 is 2.03 bits per heavy atom. The van der Waals surface area contributed by atoms with E-state index in [2.05, 4.69) is 57.8 Å². The van der Waals surface area contributed by atoms with Crippen LogP contribution >= 0.6 is 0 Å². The molecule has 1 amide bonds. The van der Waals surface area contributed by atoms with Crippen LogP contribution in [0.25, 0.3) is 22.2 Å². The number of ether oxygens (including phenoxy) is 1. The monoisotopic (exact) mass is 386 g/mol. The summed E-state index contributed by atoms with van der Waals surface area (Å²) in [6.45, 7) is 2.49. The molecule has 6 heteroatoms. The summed E-state index contributed by atoms with van der Waals surface area (Å²) in [6, 6.07) is 18.4. The Morgan fingerprint density at radius 1 is 1.17 bits per heavy atom. The highest BCUT2D eigenvalue weighted by molar-refractivity contribution is 5.92. The van der Waals surface area contributed by atoms with Crippen LogP contribution in [0.3, 0.4) is 0 Å². The molecule has 1 saturated heterocycles. The summed E-state index contributed by atoms with van der Waals surface area (Å²) in [5.41, 5.74) is 5.28. The molecule has 29 heavy (non-hydrogen) atoms. The van der Waals surface area contributed by atoms with Crippen LogP contribution in [-0.4, -0.2) is 27.8 Å². The second kappa shape index (κ2) is 6.74. The average molecular weight is 386 g/mol. The fraction of sp³-hybridized carbons (Fsp3) is 0.174. The number of fused-ring (bicyclic) bond motifs is 1. The summed E-state index contributed by atoms with van der Waals surface area (Å²) in [4.78, 5) is 16.4. The Balaban J connectivity index is 0.00000218. The molecule has 4 aromatic rings. The molecule has 6 nitrogen and oxygen atoms in total. The van der Waals surface area contributed by atoms with E-state index in [1.54, 1.807) is 12.4 Å². The second-order valence-electron chi connectivity index (χ2n) is 7.48. The number of carbonyl (C=O) groups is 1. The molecule has 1 fully saturated rings. The van der Waals surface area contributed by atoms with E-state index in [1.807, 2.05) is 24.3 Å². The van der Waals surface area contributed by atoms with E-state index in [0.29, 0.717) is 13.0 Å². The largest absolute Gasteiger partial charge is 0.436 e. The Bertz CT molecular complexity index is 1210. The molecule has 1 unspecified atom stereocenters. The molecule has 3 heterocycles. The first-order chi connectivity index (χ1) is 14.1. The fourth-order valence-electron chi connectivity index (χ4n) is 4.06. The first kappa shape index (κ1) is 17.4. The normalized spacial score (nSPS) is 18.6. The van der Waals surface area contributed by atoms with Gasteiger partial charge >= 0.3 is 6.09 Å². The van der Waals surface area contributed by atoms with Crippen molar-refractivity contribution in [3.63, 3.8) is 0 Å². The van der Waals surface area contributed by atoms with Crippen molar-refractivity contribution in [3.05, 3.63) is 83.7 Å². The van der Waals surface area contributed by atoms with Crippen molar-refractivity contribution in [1.82, 2.24) is 20.5 Å². The molecule has 2 aromatic heterocycles. The standard InChI is InChI=1S/C23H20N4O2.H2/c1-15-9-17(19-7-8-24-21-20(19)13-26-27-21)11-18(10-15)23(14-25-22(28)29-23)12-16-5-3-2-4-6-16;/h2-11,13H,12,14H2,1H3,(H,25,28)(H,24,26,27);1H. The highest BCUT2D eigenvalue weighted by atomic mass is 16.6. The van der Waals surface area contributed by atoms with Crippen LogP contribution in [0.4, 0.5) is 4.79 Å². The molecule has 146 valence electrons. The predicted octanol–water partition coefficient (Wildman–Crippen LogP) is 4.36. The number of benzene rings is 2. The van der Waals surface area contributed by atoms with Crippen LogP contribution < -0.4 is 5.32 Å². The number of hydrogen-bond donors (Lipinski definition) is 2. The molecule has 0 bridgehead atoms. The molecular formula is C23H22N4O2. The lowest BCUT2D eigenvalue weighted by molar-refractivity contribution is 0.0547. The molecule has 5 rings (SSSR count). The molecule has 1 atom stereocenters. The number of aromatic amines is 1. The first-order valence-corrected chi connectivity index (χ1v) is 9.54. The van der Waals surface area contributed by atoms with Crippen LogP contribution in [0.5, 0.6) is 0 Å². The van der Waals surface area contributed by atoms with Gasteiger partial charge in [0.15, 0.2) is 11.2 Å². The van der Waals surface area contributed by atoms with Gasteiger partial charge in [-0.1, -0.05) is 48.0 Å². The molecule has 2 aromatic carbocycles. The van der Waals surface area contributed by atoms with Gasteiger partial charge in [-0.3, -0.25) is 5.10 Å². The number of cyclic esters (lactones) is 1. The molecule has 0 aliphatic carbocycles. The maximum Gasteiger partial charge on any atom is 0.408 e.